The second kappa shape index (κ2) is 13.1. The van der Waals surface area contributed by atoms with Gasteiger partial charge in [-0.15, -0.1) is 0 Å². The summed E-state index contributed by atoms with van der Waals surface area (Å²) in [5, 5.41) is 21.5. The fourth-order valence-corrected chi connectivity index (χ4v) is 3.60. The van der Waals surface area contributed by atoms with Gasteiger partial charge < -0.3 is 29.2 Å². The van der Waals surface area contributed by atoms with Crippen LogP contribution in [0.4, 0.5) is 0 Å². The average Bonchev–Trinajstić information content (AvgIpc) is 2.95. The predicted molar refractivity (Wildman–Crippen MR) is 144 cm³/mol. The number of benzene rings is 3. The van der Waals surface area contributed by atoms with Crippen LogP contribution in [-0.2, 0) is 19.1 Å². The summed E-state index contributed by atoms with van der Waals surface area (Å²) in [4.78, 5) is 36.8. The second-order valence-corrected chi connectivity index (χ2v) is 8.22. The minimum absolute atomic E-state index is 0.139. The first-order chi connectivity index (χ1) is 19.4. The zero-order valence-electron chi connectivity index (χ0n) is 21.9. The summed E-state index contributed by atoms with van der Waals surface area (Å²) in [5.41, 5.74) is 1.24. The molecule has 0 saturated carbocycles. The van der Waals surface area contributed by atoms with E-state index in [4.69, 9.17) is 18.9 Å². The van der Waals surface area contributed by atoms with Crippen LogP contribution < -0.4 is 9.47 Å². The third kappa shape index (κ3) is 7.01. The number of aromatic nitrogens is 3. The molecule has 3 aromatic carbocycles. The van der Waals surface area contributed by atoms with Crippen molar-refractivity contribution in [1.29, 1.82) is 0 Å². The molecule has 0 aliphatic carbocycles. The number of hydrogen-bond donors (Lipinski definition) is 2. The number of carbonyl (C=O) groups excluding carboxylic acids is 2. The Bertz CT molecular complexity index is 1400. The maximum atomic E-state index is 11.6. The molecule has 4 aromatic rings. The standard InChI is InChI=1S/C29H27N3O8/c1-3-37-25(35)16-39-19-10-12-21(23(33)14-19)28-30-27(18-8-6-5-7-9-18)31-29(32-28)22-13-11-20(15-24(22)34)40-17-26(36)38-4-2/h5-15,33-34H,3-4,16-17H2,1-2H3. The number of aromatic hydroxyl groups is 2. The number of ether oxygens (including phenoxy) is 4. The molecule has 0 fully saturated rings. The number of rotatable bonds is 11. The van der Waals surface area contributed by atoms with Crippen LogP contribution in [0, 0.1) is 0 Å². The Balaban J connectivity index is 1.68. The SMILES string of the molecule is CCOC(=O)COc1ccc(-c2nc(-c3ccccc3)nc(-c3ccc(OCC(=O)OCC)cc3O)n2)c(O)c1. The summed E-state index contributed by atoms with van der Waals surface area (Å²) in [5.74, 6) is -0.347. The fourth-order valence-electron chi connectivity index (χ4n) is 3.60. The van der Waals surface area contributed by atoms with Gasteiger partial charge in [-0.2, -0.15) is 0 Å². The number of esters is 2. The van der Waals surface area contributed by atoms with Crippen molar-refractivity contribution in [1.82, 2.24) is 15.0 Å². The molecule has 206 valence electrons. The Morgan fingerprint density at radius 3 is 1.52 bits per heavy atom. The molecular weight excluding hydrogens is 518 g/mol. The average molecular weight is 546 g/mol. The van der Waals surface area contributed by atoms with Gasteiger partial charge in [0.2, 0.25) is 0 Å². The van der Waals surface area contributed by atoms with Gasteiger partial charge in [0.25, 0.3) is 0 Å². The molecule has 0 saturated heterocycles. The molecule has 1 aromatic heterocycles. The lowest BCUT2D eigenvalue weighted by molar-refractivity contribution is -0.146. The summed E-state index contributed by atoms with van der Waals surface area (Å²) in [7, 11) is 0. The van der Waals surface area contributed by atoms with E-state index in [9.17, 15) is 19.8 Å². The molecule has 0 radical (unpaired) electrons. The number of phenols is 2. The molecular formula is C29H27N3O8. The topological polar surface area (TPSA) is 150 Å². The molecule has 1 heterocycles. The molecule has 0 unspecified atom stereocenters. The van der Waals surface area contributed by atoms with Gasteiger partial charge >= 0.3 is 11.9 Å². The van der Waals surface area contributed by atoms with Crippen LogP contribution in [0.25, 0.3) is 34.2 Å². The third-order valence-corrected chi connectivity index (χ3v) is 5.41. The van der Waals surface area contributed by atoms with Gasteiger partial charge in [-0.3, -0.25) is 0 Å². The molecule has 0 aliphatic rings. The molecule has 11 heteroatoms. The molecule has 40 heavy (non-hydrogen) atoms. The molecule has 0 aliphatic heterocycles. The summed E-state index contributed by atoms with van der Waals surface area (Å²) in [6.07, 6.45) is 0. The van der Waals surface area contributed by atoms with Crippen LogP contribution >= 0.6 is 0 Å². The van der Waals surface area contributed by atoms with E-state index in [1.165, 1.54) is 12.1 Å². The normalized spacial score (nSPS) is 10.6. The van der Waals surface area contributed by atoms with Gasteiger partial charge in [-0.05, 0) is 38.1 Å². The lowest BCUT2D eigenvalue weighted by atomic mass is 10.1. The summed E-state index contributed by atoms with van der Waals surface area (Å²) in [6, 6.07) is 18.1. The second-order valence-electron chi connectivity index (χ2n) is 8.22. The van der Waals surface area contributed by atoms with Crippen molar-refractivity contribution >= 4 is 11.9 Å². The zero-order chi connectivity index (χ0) is 28.5. The largest absolute Gasteiger partial charge is 0.507 e. The maximum absolute atomic E-state index is 11.6. The van der Waals surface area contributed by atoms with Crippen molar-refractivity contribution in [3.63, 3.8) is 0 Å². The van der Waals surface area contributed by atoms with Gasteiger partial charge in [-0.25, -0.2) is 24.5 Å². The highest BCUT2D eigenvalue weighted by molar-refractivity contribution is 5.74. The Labute approximate surface area is 230 Å². The highest BCUT2D eigenvalue weighted by atomic mass is 16.6. The quantitative estimate of drug-likeness (QED) is 0.261. The zero-order valence-corrected chi connectivity index (χ0v) is 21.9. The van der Waals surface area contributed by atoms with Crippen LogP contribution in [0.5, 0.6) is 23.0 Å². The smallest absolute Gasteiger partial charge is 0.344 e. The molecule has 4 rings (SSSR count). The third-order valence-electron chi connectivity index (χ3n) is 5.41. The first-order valence-corrected chi connectivity index (χ1v) is 12.4. The van der Waals surface area contributed by atoms with E-state index >= 15 is 0 Å². The lowest BCUT2D eigenvalue weighted by Gasteiger charge is -2.12. The molecule has 0 amide bonds. The molecule has 0 atom stereocenters. The van der Waals surface area contributed by atoms with E-state index in [-0.39, 0.29) is 72.2 Å². The molecule has 2 N–H and O–H groups in total. The van der Waals surface area contributed by atoms with Crippen molar-refractivity contribution in [2.24, 2.45) is 0 Å². The fraction of sp³-hybridized carbons (Fsp3) is 0.207. The Morgan fingerprint density at radius 1 is 0.650 bits per heavy atom. The van der Waals surface area contributed by atoms with E-state index < -0.39 is 11.9 Å². The van der Waals surface area contributed by atoms with Crippen LogP contribution in [0.15, 0.2) is 66.7 Å². The van der Waals surface area contributed by atoms with E-state index in [0.717, 1.165) is 0 Å². The van der Waals surface area contributed by atoms with E-state index in [0.29, 0.717) is 11.4 Å². The van der Waals surface area contributed by atoms with Gasteiger partial charge in [0.15, 0.2) is 30.7 Å². The number of carbonyl (C=O) groups is 2. The molecule has 11 nitrogen and oxygen atoms in total. The van der Waals surface area contributed by atoms with Gasteiger partial charge in [0.05, 0.1) is 24.3 Å². The van der Waals surface area contributed by atoms with E-state index in [1.54, 1.807) is 38.1 Å². The number of hydrogen-bond acceptors (Lipinski definition) is 11. The summed E-state index contributed by atoms with van der Waals surface area (Å²) < 4.78 is 20.5. The van der Waals surface area contributed by atoms with Crippen molar-refractivity contribution in [3.05, 3.63) is 66.7 Å². The van der Waals surface area contributed by atoms with Gasteiger partial charge in [0, 0.05) is 17.7 Å². The van der Waals surface area contributed by atoms with Gasteiger partial charge in [0.1, 0.15) is 23.0 Å². The van der Waals surface area contributed by atoms with E-state index in [2.05, 4.69) is 15.0 Å². The van der Waals surface area contributed by atoms with Crippen LogP contribution in [0.1, 0.15) is 13.8 Å². The Morgan fingerprint density at radius 2 is 1.10 bits per heavy atom. The highest BCUT2D eigenvalue weighted by Crippen LogP contribution is 2.35. The Kier molecular flexibility index (Phi) is 9.08. The van der Waals surface area contributed by atoms with Crippen molar-refractivity contribution in [2.75, 3.05) is 26.4 Å². The lowest BCUT2D eigenvalue weighted by Crippen LogP contribution is -2.14. The number of nitrogens with zero attached hydrogens (tertiary/aromatic N) is 3. The predicted octanol–water partition coefficient (Wildman–Crippen LogP) is 4.17. The van der Waals surface area contributed by atoms with Crippen LogP contribution in [0.3, 0.4) is 0 Å². The minimum atomic E-state index is -0.530. The monoisotopic (exact) mass is 545 g/mol. The summed E-state index contributed by atoms with van der Waals surface area (Å²) in [6.45, 7) is 3.24. The van der Waals surface area contributed by atoms with Crippen LogP contribution in [-0.4, -0.2) is 63.5 Å². The first kappa shape index (κ1) is 27.8. The maximum Gasteiger partial charge on any atom is 0.344 e. The number of phenolic OH excluding ortho intramolecular Hbond substituents is 2. The first-order valence-electron chi connectivity index (χ1n) is 12.4. The van der Waals surface area contributed by atoms with Crippen molar-refractivity contribution in [2.45, 2.75) is 13.8 Å². The highest BCUT2D eigenvalue weighted by Gasteiger charge is 2.18. The van der Waals surface area contributed by atoms with Crippen molar-refractivity contribution < 1.29 is 38.7 Å². The van der Waals surface area contributed by atoms with Gasteiger partial charge in [-0.1, -0.05) is 30.3 Å². The minimum Gasteiger partial charge on any atom is -0.507 e. The van der Waals surface area contributed by atoms with Crippen LogP contribution in [0.2, 0.25) is 0 Å². The van der Waals surface area contributed by atoms with E-state index in [1.807, 2.05) is 30.3 Å². The summed E-state index contributed by atoms with van der Waals surface area (Å²) >= 11 is 0. The molecule has 0 bridgehead atoms. The van der Waals surface area contributed by atoms with Crippen molar-refractivity contribution in [3.8, 4) is 57.2 Å². The molecule has 0 spiro atoms. The Hall–Kier alpha value is -5.19.